The number of hydrogen-bond donors (Lipinski definition) is 1. The molecule has 0 saturated heterocycles. The summed E-state index contributed by atoms with van der Waals surface area (Å²) >= 11 is 12.2. The van der Waals surface area contributed by atoms with E-state index in [0.29, 0.717) is 16.5 Å². The zero-order valence-corrected chi connectivity index (χ0v) is 12.2. The van der Waals surface area contributed by atoms with Gasteiger partial charge < -0.3 is 5.32 Å². The highest BCUT2D eigenvalue weighted by Crippen LogP contribution is 2.41. The van der Waals surface area contributed by atoms with Gasteiger partial charge in [0.15, 0.2) is 5.54 Å². The van der Waals surface area contributed by atoms with Gasteiger partial charge in [-0.05, 0) is 48.2 Å². The molecule has 1 aliphatic carbocycles. The van der Waals surface area contributed by atoms with Crippen LogP contribution in [0.5, 0.6) is 0 Å². The Bertz CT molecular complexity index is 706. The minimum atomic E-state index is -0.731. The Morgan fingerprint density at radius 2 is 1.95 bits per heavy atom. The molecule has 0 spiro atoms. The van der Waals surface area contributed by atoms with E-state index in [1.165, 1.54) is 0 Å². The van der Waals surface area contributed by atoms with E-state index in [2.05, 4.69) is 11.4 Å². The molecular weight excluding hydrogens is 291 g/mol. The molecule has 4 heteroatoms. The van der Waals surface area contributed by atoms with Gasteiger partial charge >= 0.3 is 0 Å². The number of hydrogen-bond acceptors (Lipinski definition) is 2. The SMILES string of the molecule is N#CC1(Nc2ccccc2Cl)CCc2cc(Cl)ccc21. The van der Waals surface area contributed by atoms with Gasteiger partial charge in [0.2, 0.25) is 0 Å². The van der Waals surface area contributed by atoms with Crippen molar-refractivity contribution in [1.29, 1.82) is 5.26 Å². The number of rotatable bonds is 2. The van der Waals surface area contributed by atoms with Crippen LogP contribution < -0.4 is 5.32 Å². The van der Waals surface area contributed by atoms with E-state index in [0.717, 1.165) is 23.2 Å². The van der Waals surface area contributed by atoms with Crippen LogP contribution in [-0.2, 0) is 12.0 Å². The third-order valence-electron chi connectivity index (χ3n) is 3.71. The second-order valence-corrected chi connectivity index (χ2v) is 5.77. The second kappa shape index (κ2) is 5.01. The number of fused-ring (bicyclic) bond motifs is 1. The molecule has 0 amide bonds. The predicted octanol–water partition coefficient (Wildman–Crippen LogP) is 4.77. The molecule has 0 radical (unpaired) electrons. The Labute approximate surface area is 127 Å². The molecule has 0 aliphatic heterocycles. The maximum Gasteiger partial charge on any atom is 0.151 e. The summed E-state index contributed by atoms with van der Waals surface area (Å²) in [5, 5.41) is 14.3. The lowest BCUT2D eigenvalue weighted by Crippen LogP contribution is -2.31. The van der Waals surface area contributed by atoms with E-state index >= 15 is 0 Å². The number of anilines is 1. The van der Waals surface area contributed by atoms with E-state index in [-0.39, 0.29) is 0 Å². The van der Waals surface area contributed by atoms with E-state index in [9.17, 15) is 5.26 Å². The highest BCUT2D eigenvalue weighted by atomic mass is 35.5. The van der Waals surface area contributed by atoms with Crippen LogP contribution in [0.25, 0.3) is 0 Å². The van der Waals surface area contributed by atoms with Gasteiger partial charge in [0.05, 0.1) is 16.8 Å². The molecule has 0 aromatic heterocycles. The number of nitrogens with one attached hydrogen (secondary N) is 1. The lowest BCUT2D eigenvalue weighted by Gasteiger charge is -2.26. The monoisotopic (exact) mass is 302 g/mol. The van der Waals surface area contributed by atoms with Gasteiger partial charge in [-0.25, -0.2) is 0 Å². The van der Waals surface area contributed by atoms with Crippen LogP contribution in [0.4, 0.5) is 5.69 Å². The Hall–Kier alpha value is -1.69. The fraction of sp³-hybridized carbons (Fsp3) is 0.188. The maximum absolute atomic E-state index is 9.70. The summed E-state index contributed by atoms with van der Waals surface area (Å²) in [5.74, 6) is 0. The van der Waals surface area contributed by atoms with Crippen molar-refractivity contribution in [2.45, 2.75) is 18.4 Å². The lowest BCUT2D eigenvalue weighted by atomic mass is 9.93. The van der Waals surface area contributed by atoms with Gasteiger partial charge in [-0.2, -0.15) is 5.26 Å². The molecular formula is C16H12Cl2N2. The normalized spacial score (nSPS) is 20.2. The van der Waals surface area contributed by atoms with Crippen molar-refractivity contribution in [2.24, 2.45) is 0 Å². The molecule has 1 N–H and O–H groups in total. The first-order valence-electron chi connectivity index (χ1n) is 6.37. The fourth-order valence-electron chi connectivity index (χ4n) is 2.71. The Morgan fingerprint density at radius 3 is 2.70 bits per heavy atom. The predicted molar refractivity (Wildman–Crippen MR) is 82.1 cm³/mol. The van der Waals surface area contributed by atoms with Crippen molar-refractivity contribution >= 4 is 28.9 Å². The first-order valence-corrected chi connectivity index (χ1v) is 7.13. The van der Waals surface area contributed by atoms with Crippen molar-refractivity contribution in [2.75, 3.05) is 5.32 Å². The van der Waals surface area contributed by atoms with E-state index in [1.807, 2.05) is 42.5 Å². The van der Waals surface area contributed by atoms with E-state index < -0.39 is 5.54 Å². The maximum atomic E-state index is 9.70. The molecule has 0 heterocycles. The number of aryl methyl sites for hydroxylation is 1. The molecule has 1 aliphatic rings. The number of para-hydroxylation sites is 1. The van der Waals surface area contributed by atoms with Crippen LogP contribution in [0.2, 0.25) is 10.0 Å². The van der Waals surface area contributed by atoms with Crippen LogP contribution >= 0.6 is 23.2 Å². The molecule has 3 rings (SSSR count). The molecule has 1 unspecified atom stereocenters. The molecule has 0 fully saturated rings. The topological polar surface area (TPSA) is 35.8 Å². The van der Waals surface area contributed by atoms with Crippen molar-refractivity contribution in [3.05, 3.63) is 63.6 Å². The summed E-state index contributed by atoms with van der Waals surface area (Å²) in [6.07, 6.45) is 1.55. The summed E-state index contributed by atoms with van der Waals surface area (Å²) in [7, 11) is 0. The number of halogens is 2. The van der Waals surface area contributed by atoms with E-state index in [1.54, 1.807) is 0 Å². The quantitative estimate of drug-likeness (QED) is 0.867. The summed E-state index contributed by atoms with van der Waals surface area (Å²) in [6, 6.07) is 15.6. The summed E-state index contributed by atoms with van der Waals surface area (Å²) < 4.78 is 0. The average Bonchev–Trinajstić information content (AvgIpc) is 2.80. The van der Waals surface area contributed by atoms with Crippen molar-refractivity contribution in [1.82, 2.24) is 0 Å². The molecule has 20 heavy (non-hydrogen) atoms. The number of benzene rings is 2. The number of nitriles is 1. The van der Waals surface area contributed by atoms with Crippen LogP contribution in [0.1, 0.15) is 17.5 Å². The minimum Gasteiger partial charge on any atom is -0.362 e. The second-order valence-electron chi connectivity index (χ2n) is 4.92. The van der Waals surface area contributed by atoms with Crippen LogP contribution in [0.15, 0.2) is 42.5 Å². The summed E-state index contributed by atoms with van der Waals surface area (Å²) in [6.45, 7) is 0. The van der Waals surface area contributed by atoms with Gasteiger partial charge in [-0.1, -0.05) is 41.4 Å². The van der Waals surface area contributed by atoms with Gasteiger partial charge in [0, 0.05) is 5.02 Å². The number of nitrogens with zero attached hydrogens (tertiary/aromatic N) is 1. The molecule has 100 valence electrons. The lowest BCUT2D eigenvalue weighted by molar-refractivity contribution is 0.621. The van der Waals surface area contributed by atoms with Crippen molar-refractivity contribution < 1.29 is 0 Å². The third kappa shape index (κ3) is 2.14. The van der Waals surface area contributed by atoms with Gasteiger partial charge in [-0.3, -0.25) is 0 Å². The fourth-order valence-corrected chi connectivity index (χ4v) is 3.09. The Balaban J connectivity index is 2.04. The minimum absolute atomic E-state index is 0.615. The van der Waals surface area contributed by atoms with Crippen LogP contribution in [-0.4, -0.2) is 0 Å². The van der Waals surface area contributed by atoms with Gasteiger partial charge in [0.1, 0.15) is 0 Å². The molecule has 2 aromatic carbocycles. The first kappa shape index (κ1) is 13.3. The largest absolute Gasteiger partial charge is 0.362 e. The molecule has 0 saturated carbocycles. The van der Waals surface area contributed by atoms with E-state index in [4.69, 9.17) is 23.2 Å². The third-order valence-corrected chi connectivity index (χ3v) is 4.27. The average molecular weight is 303 g/mol. The molecule has 2 nitrogen and oxygen atoms in total. The smallest absolute Gasteiger partial charge is 0.151 e. The summed E-state index contributed by atoms with van der Waals surface area (Å²) in [4.78, 5) is 0. The molecule has 2 aromatic rings. The van der Waals surface area contributed by atoms with Crippen molar-refractivity contribution in [3.63, 3.8) is 0 Å². The molecule has 1 atom stereocenters. The summed E-state index contributed by atoms with van der Waals surface area (Å²) in [5.41, 5.74) is 2.16. The van der Waals surface area contributed by atoms with Gasteiger partial charge in [-0.15, -0.1) is 0 Å². The van der Waals surface area contributed by atoms with Crippen molar-refractivity contribution in [3.8, 4) is 6.07 Å². The molecule has 0 bridgehead atoms. The Kier molecular flexibility index (Phi) is 3.33. The Morgan fingerprint density at radius 1 is 1.15 bits per heavy atom. The van der Waals surface area contributed by atoms with Gasteiger partial charge in [0.25, 0.3) is 0 Å². The van der Waals surface area contributed by atoms with Crippen LogP contribution in [0, 0.1) is 11.3 Å². The highest BCUT2D eigenvalue weighted by molar-refractivity contribution is 6.33. The first-order chi connectivity index (χ1) is 9.64. The zero-order chi connectivity index (χ0) is 14.2. The standard InChI is InChI=1S/C16H12Cl2N2/c17-12-5-6-13-11(9-12)7-8-16(13,10-19)20-15-4-2-1-3-14(15)18/h1-6,9,20H,7-8H2. The zero-order valence-electron chi connectivity index (χ0n) is 10.7. The van der Waals surface area contributed by atoms with Crippen LogP contribution in [0.3, 0.4) is 0 Å². The highest BCUT2D eigenvalue weighted by Gasteiger charge is 2.39.